The van der Waals surface area contributed by atoms with Crippen LogP contribution < -0.4 is 37.5 Å². The first kappa shape index (κ1) is 37.5. The number of nitrogens with two attached hydrogens (primary N) is 2. The smallest absolute Gasteiger partial charge is 0.407 e. The molecular formula is C28H48N6O9. The lowest BCUT2D eigenvalue weighted by Crippen LogP contribution is -2.51. The maximum Gasteiger partial charge on any atom is 0.407 e. The van der Waals surface area contributed by atoms with E-state index >= 15 is 0 Å². The summed E-state index contributed by atoms with van der Waals surface area (Å²) in [6.07, 6.45) is -1.12. The SMILES string of the molecule is COC(=O)c1ccc(NC(=O)[C@H](CCCNC(N)O)NC(=O)[C@@H](N)C(C)C)cc1OCCOCCNC(=O)OC(C)(C)C. The molecule has 15 heteroatoms. The Morgan fingerprint density at radius 2 is 1.70 bits per heavy atom. The summed E-state index contributed by atoms with van der Waals surface area (Å²) in [5.74, 6) is -1.64. The van der Waals surface area contributed by atoms with Crippen molar-refractivity contribution in [2.75, 3.05) is 45.3 Å². The van der Waals surface area contributed by atoms with Crippen LogP contribution in [0, 0.1) is 5.92 Å². The van der Waals surface area contributed by atoms with Gasteiger partial charge in [0.25, 0.3) is 0 Å². The van der Waals surface area contributed by atoms with Gasteiger partial charge in [-0.3, -0.25) is 20.6 Å². The van der Waals surface area contributed by atoms with Gasteiger partial charge < -0.3 is 45.7 Å². The first-order valence-corrected chi connectivity index (χ1v) is 14.1. The Morgan fingerprint density at radius 3 is 2.30 bits per heavy atom. The molecule has 9 N–H and O–H groups in total. The number of methoxy groups -OCH3 is 1. The fraction of sp³-hybridized carbons (Fsp3) is 0.643. The van der Waals surface area contributed by atoms with Gasteiger partial charge in [-0.05, 0) is 58.2 Å². The zero-order chi connectivity index (χ0) is 32.6. The van der Waals surface area contributed by atoms with Crippen LogP contribution in [0.4, 0.5) is 10.5 Å². The second-order valence-electron chi connectivity index (χ2n) is 11.0. The Hall–Kier alpha value is -3.50. The summed E-state index contributed by atoms with van der Waals surface area (Å²) >= 11 is 0. The van der Waals surface area contributed by atoms with E-state index in [0.717, 1.165) is 0 Å². The molecule has 0 saturated heterocycles. The highest BCUT2D eigenvalue weighted by atomic mass is 16.6. The number of benzene rings is 1. The van der Waals surface area contributed by atoms with E-state index < -0.39 is 47.9 Å². The molecule has 1 aromatic carbocycles. The summed E-state index contributed by atoms with van der Waals surface area (Å²) in [6.45, 7) is 9.81. The number of alkyl carbamates (subject to hydrolysis) is 1. The van der Waals surface area contributed by atoms with Crippen molar-refractivity contribution in [3.05, 3.63) is 23.8 Å². The van der Waals surface area contributed by atoms with Crippen molar-refractivity contribution in [1.29, 1.82) is 0 Å². The molecule has 43 heavy (non-hydrogen) atoms. The third kappa shape index (κ3) is 15.5. The molecule has 0 radical (unpaired) electrons. The summed E-state index contributed by atoms with van der Waals surface area (Å²) < 4.78 is 21.2. The second kappa shape index (κ2) is 18.9. The number of carbonyl (C=O) groups excluding carboxylic acids is 4. The molecule has 0 bridgehead atoms. The highest BCUT2D eigenvalue weighted by molar-refractivity contribution is 5.99. The lowest BCUT2D eigenvalue weighted by Gasteiger charge is -2.22. The molecule has 244 valence electrons. The van der Waals surface area contributed by atoms with E-state index in [0.29, 0.717) is 18.7 Å². The van der Waals surface area contributed by atoms with Gasteiger partial charge in [0.05, 0.1) is 26.4 Å². The molecule has 1 rings (SSSR count). The molecule has 3 amide bonds. The molecule has 1 aromatic rings. The summed E-state index contributed by atoms with van der Waals surface area (Å²) in [5, 5.41) is 19.8. The van der Waals surface area contributed by atoms with Crippen LogP contribution in [0.25, 0.3) is 0 Å². The first-order valence-electron chi connectivity index (χ1n) is 14.1. The quantitative estimate of drug-likeness (QED) is 0.0679. The van der Waals surface area contributed by atoms with Crippen LogP contribution in [0.15, 0.2) is 18.2 Å². The van der Waals surface area contributed by atoms with E-state index in [2.05, 4.69) is 21.3 Å². The number of hydrogen-bond acceptors (Lipinski definition) is 12. The van der Waals surface area contributed by atoms with Gasteiger partial charge in [0.1, 0.15) is 29.6 Å². The van der Waals surface area contributed by atoms with E-state index in [4.69, 9.17) is 30.4 Å². The van der Waals surface area contributed by atoms with E-state index in [1.54, 1.807) is 34.6 Å². The van der Waals surface area contributed by atoms with Crippen molar-refractivity contribution >= 4 is 29.6 Å². The van der Waals surface area contributed by atoms with E-state index in [9.17, 15) is 24.3 Å². The van der Waals surface area contributed by atoms with Gasteiger partial charge in [0.2, 0.25) is 11.8 Å². The third-order valence-corrected chi connectivity index (χ3v) is 5.73. The van der Waals surface area contributed by atoms with Crippen molar-refractivity contribution in [3.63, 3.8) is 0 Å². The molecule has 15 nitrogen and oxygen atoms in total. The average Bonchev–Trinajstić information content (AvgIpc) is 2.92. The number of aliphatic hydroxyl groups is 1. The number of aliphatic hydroxyl groups excluding tert-OH is 1. The van der Waals surface area contributed by atoms with Gasteiger partial charge in [0, 0.05) is 18.3 Å². The number of rotatable bonds is 18. The van der Waals surface area contributed by atoms with Gasteiger partial charge in [-0.2, -0.15) is 0 Å². The number of hydrogen-bond donors (Lipinski definition) is 7. The van der Waals surface area contributed by atoms with Crippen LogP contribution in [0.1, 0.15) is 57.8 Å². The number of nitrogens with one attached hydrogen (secondary N) is 4. The zero-order valence-corrected chi connectivity index (χ0v) is 25.9. The Kier molecular flexibility index (Phi) is 16.5. The minimum absolute atomic E-state index is 0.0552. The van der Waals surface area contributed by atoms with Crippen molar-refractivity contribution < 1.29 is 43.2 Å². The summed E-state index contributed by atoms with van der Waals surface area (Å²) in [6, 6.07) is 2.65. The number of anilines is 1. The standard InChI is InChI=1S/C28H48N6O9/c1-17(2)22(29)24(36)34-20(8-7-11-31-26(30)38)23(35)33-18-9-10-19(25(37)40-6)21(16-18)42-15-14-41-13-12-32-27(39)43-28(3,4)5/h9-10,16-17,20,22,26,31,38H,7-8,11-15,29-30H2,1-6H3,(H,32,39)(H,33,35)(H,34,36)/t20-,22-,26?/m0/s1. The molecule has 0 aliphatic rings. The minimum Gasteiger partial charge on any atom is -0.490 e. The highest BCUT2D eigenvalue weighted by Gasteiger charge is 2.26. The summed E-state index contributed by atoms with van der Waals surface area (Å²) in [4.78, 5) is 49.8. The lowest BCUT2D eigenvalue weighted by molar-refractivity contribution is -0.128. The molecule has 1 unspecified atom stereocenters. The maximum absolute atomic E-state index is 13.2. The minimum atomic E-state index is -1.21. The largest absolute Gasteiger partial charge is 0.490 e. The van der Waals surface area contributed by atoms with Gasteiger partial charge in [0.15, 0.2) is 6.35 Å². The Morgan fingerprint density at radius 1 is 1.00 bits per heavy atom. The topological polar surface area (TPSA) is 226 Å². The summed E-state index contributed by atoms with van der Waals surface area (Å²) in [7, 11) is 1.23. The van der Waals surface area contributed by atoms with Crippen molar-refractivity contribution in [2.45, 2.75) is 71.5 Å². The van der Waals surface area contributed by atoms with Crippen LogP contribution in [-0.2, 0) is 23.8 Å². The van der Waals surface area contributed by atoms with Gasteiger partial charge >= 0.3 is 12.1 Å². The molecule has 0 spiro atoms. The molecule has 3 atom stereocenters. The Bertz CT molecular complexity index is 1050. The van der Waals surface area contributed by atoms with Crippen LogP contribution in [0.2, 0.25) is 0 Å². The highest BCUT2D eigenvalue weighted by Crippen LogP contribution is 2.25. The van der Waals surface area contributed by atoms with Crippen molar-refractivity contribution in [2.24, 2.45) is 17.4 Å². The average molecular weight is 613 g/mol. The number of amides is 3. The molecule has 0 saturated carbocycles. The van der Waals surface area contributed by atoms with Gasteiger partial charge in [-0.15, -0.1) is 0 Å². The molecule has 0 fully saturated rings. The second-order valence-corrected chi connectivity index (χ2v) is 11.0. The van der Waals surface area contributed by atoms with E-state index in [-0.39, 0.29) is 50.0 Å². The molecule has 0 aliphatic heterocycles. The molecule has 0 aromatic heterocycles. The predicted octanol–water partition coefficient (Wildman–Crippen LogP) is 0.404. The van der Waals surface area contributed by atoms with Crippen LogP contribution in [0.3, 0.4) is 0 Å². The molecule has 0 aliphatic carbocycles. The Balaban J connectivity index is 2.84. The normalized spacial score (nSPS) is 13.4. The summed E-state index contributed by atoms with van der Waals surface area (Å²) in [5.41, 5.74) is 11.1. The van der Waals surface area contributed by atoms with E-state index in [1.165, 1.54) is 25.3 Å². The Labute approximate surface area is 252 Å². The predicted molar refractivity (Wildman–Crippen MR) is 159 cm³/mol. The first-order chi connectivity index (χ1) is 20.1. The van der Waals surface area contributed by atoms with Crippen molar-refractivity contribution in [3.8, 4) is 5.75 Å². The number of ether oxygens (including phenoxy) is 4. The fourth-order valence-corrected chi connectivity index (χ4v) is 3.48. The van der Waals surface area contributed by atoms with Crippen LogP contribution >= 0.6 is 0 Å². The van der Waals surface area contributed by atoms with Gasteiger partial charge in [-0.25, -0.2) is 9.59 Å². The zero-order valence-electron chi connectivity index (χ0n) is 25.9. The monoisotopic (exact) mass is 612 g/mol. The molecule has 0 heterocycles. The number of esters is 1. The van der Waals surface area contributed by atoms with Gasteiger partial charge in [-0.1, -0.05) is 13.8 Å². The van der Waals surface area contributed by atoms with Crippen LogP contribution in [-0.4, -0.2) is 93.0 Å². The van der Waals surface area contributed by atoms with Crippen molar-refractivity contribution in [1.82, 2.24) is 16.0 Å². The molecular weight excluding hydrogens is 564 g/mol. The fourth-order valence-electron chi connectivity index (χ4n) is 3.48. The third-order valence-electron chi connectivity index (χ3n) is 5.73. The van der Waals surface area contributed by atoms with E-state index in [1.807, 2.05) is 0 Å². The number of carbonyl (C=O) groups is 4. The lowest BCUT2D eigenvalue weighted by atomic mass is 10.0. The maximum atomic E-state index is 13.2. The van der Waals surface area contributed by atoms with Crippen LogP contribution in [0.5, 0.6) is 5.75 Å².